The van der Waals surface area contributed by atoms with E-state index in [2.05, 4.69) is 30.0 Å². The number of carbonyl (C=O) groups is 1. The zero-order valence-corrected chi connectivity index (χ0v) is 17.1. The third-order valence-corrected chi connectivity index (χ3v) is 5.84. The lowest BCUT2D eigenvalue weighted by molar-refractivity contribution is -0.0498. The molecule has 3 heterocycles. The second-order valence-electron chi connectivity index (χ2n) is 6.83. The summed E-state index contributed by atoms with van der Waals surface area (Å²) in [5.41, 5.74) is 2.35. The number of ketones is 1. The summed E-state index contributed by atoms with van der Waals surface area (Å²) in [5.74, 6) is -0.173. The van der Waals surface area contributed by atoms with Gasteiger partial charge in [-0.1, -0.05) is 29.5 Å². The minimum Gasteiger partial charge on any atom is -0.435 e. The molecule has 0 saturated heterocycles. The number of ether oxygens (including phenoxy) is 1. The van der Waals surface area contributed by atoms with Gasteiger partial charge in [0.1, 0.15) is 16.8 Å². The van der Waals surface area contributed by atoms with Crippen molar-refractivity contribution in [3.63, 3.8) is 0 Å². The molecule has 0 aliphatic carbocycles. The summed E-state index contributed by atoms with van der Waals surface area (Å²) in [6.45, 7) is -2.91. The zero-order chi connectivity index (χ0) is 22.1. The second-order valence-corrected chi connectivity index (χ2v) is 7.84. The number of Topliss-reactive ketones (excluding diaryl/α,β-unsaturated/α-hetero) is 1. The molecule has 0 fully saturated rings. The van der Waals surface area contributed by atoms with Crippen molar-refractivity contribution in [3.05, 3.63) is 77.7 Å². The van der Waals surface area contributed by atoms with Gasteiger partial charge in [0.05, 0.1) is 0 Å². The second kappa shape index (κ2) is 8.31. The Morgan fingerprint density at radius 3 is 2.62 bits per heavy atom. The highest BCUT2D eigenvalue weighted by molar-refractivity contribution is 7.18. The van der Waals surface area contributed by atoms with Gasteiger partial charge >= 0.3 is 6.61 Å². The van der Waals surface area contributed by atoms with Crippen LogP contribution >= 0.6 is 11.3 Å². The fourth-order valence-electron chi connectivity index (χ4n) is 3.39. The molecular weight excluding hydrogens is 436 g/mol. The van der Waals surface area contributed by atoms with Crippen LogP contribution < -0.4 is 10.1 Å². The number of benzene rings is 2. The van der Waals surface area contributed by atoms with E-state index in [1.165, 1.54) is 29.7 Å². The summed E-state index contributed by atoms with van der Waals surface area (Å²) in [6, 6.07) is 12.6. The van der Waals surface area contributed by atoms with Crippen molar-refractivity contribution in [2.45, 2.75) is 12.7 Å². The van der Waals surface area contributed by atoms with Crippen molar-refractivity contribution >= 4 is 44.2 Å². The molecule has 32 heavy (non-hydrogen) atoms. The third kappa shape index (κ3) is 3.87. The fourth-order valence-corrected chi connectivity index (χ4v) is 4.30. The Kier molecular flexibility index (Phi) is 5.20. The first-order chi connectivity index (χ1) is 15.6. The smallest absolute Gasteiger partial charge is 0.387 e. The third-order valence-electron chi connectivity index (χ3n) is 4.82. The highest BCUT2D eigenvalue weighted by atomic mass is 32.1. The van der Waals surface area contributed by atoms with Gasteiger partial charge in [0, 0.05) is 40.7 Å². The molecule has 160 valence electrons. The number of alkyl halides is 2. The number of hydrogen-bond acceptors (Lipinski definition) is 7. The van der Waals surface area contributed by atoms with Crippen molar-refractivity contribution in [3.8, 4) is 5.75 Å². The average Bonchev–Trinajstić information content (AvgIpc) is 3.42. The van der Waals surface area contributed by atoms with Crippen LogP contribution in [-0.2, 0) is 0 Å². The number of hydrogen-bond donors (Lipinski definition) is 2. The van der Waals surface area contributed by atoms with E-state index in [0.717, 1.165) is 10.9 Å². The summed E-state index contributed by atoms with van der Waals surface area (Å²) in [6.07, 6.45) is 4.78. The number of thiazole rings is 1. The van der Waals surface area contributed by atoms with Gasteiger partial charge < -0.3 is 15.0 Å². The summed E-state index contributed by atoms with van der Waals surface area (Å²) in [5, 5.41) is 4.46. The molecule has 0 amide bonds. The SMILES string of the molecule is O=C(c1c[nH]c2ccccc12)C(Nc1ccc(OC(F)F)cc1)c1nc2nccnc2s1. The van der Waals surface area contributed by atoms with Gasteiger partial charge in [-0.15, -0.1) is 0 Å². The molecule has 0 bridgehead atoms. The van der Waals surface area contributed by atoms with Crippen LogP contribution in [0.3, 0.4) is 0 Å². The number of halogens is 2. The first-order valence-corrected chi connectivity index (χ1v) is 10.4. The monoisotopic (exact) mass is 451 g/mol. The highest BCUT2D eigenvalue weighted by Gasteiger charge is 2.28. The molecule has 5 aromatic rings. The molecule has 1 unspecified atom stereocenters. The first kappa shape index (κ1) is 20.0. The summed E-state index contributed by atoms with van der Waals surface area (Å²) in [4.78, 5) is 30.3. The van der Waals surface area contributed by atoms with Crippen LogP contribution in [0.2, 0.25) is 0 Å². The molecular formula is C22H15F2N5O2S. The van der Waals surface area contributed by atoms with Gasteiger partial charge in [-0.05, 0) is 30.3 Å². The zero-order valence-electron chi connectivity index (χ0n) is 16.3. The summed E-state index contributed by atoms with van der Waals surface area (Å²) >= 11 is 1.27. The van der Waals surface area contributed by atoms with Crippen molar-refractivity contribution in [2.24, 2.45) is 0 Å². The molecule has 2 aromatic carbocycles. The number of H-pyrrole nitrogens is 1. The predicted octanol–water partition coefficient (Wildman–Crippen LogP) is 5.21. The lowest BCUT2D eigenvalue weighted by Gasteiger charge is -2.17. The van der Waals surface area contributed by atoms with Gasteiger partial charge in [0.15, 0.2) is 16.3 Å². The predicted molar refractivity (Wildman–Crippen MR) is 117 cm³/mol. The molecule has 0 radical (unpaired) electrons. The van der Waals surface area contributed by atoms with E-state index in [4.69, 9.17) is 0 Å². The maximum Gasteiger partial charge on any atom is 0.387 e. The number of anilines is 1. The molecule has 0 aliphatic heterocycles. The van der Waals surface area contributed by atoms with Gasteiger partial charge in [0.2, 0.25) is 0 Å². The number of aromatic nitrogens is 4. The first-order valence-electron chi connectivity index (χ1n) is 9.57. The topological polar surface area (TPSA) is 92.8 Å². The lowest BCUT2D eigenvalue weighted by Crippen LogP contribution is -2.21. The normalized spacial score (nSPS) is 12.3. The molecule has 2 N–H and O–H groups in total. The maximum absolute atomic E-state index is 13.6. The number of carbonyl (C=O) groups excluding carboxylic acids is 1. The van der Waals surface area contributed by atoms with E-state index in [-0.39, 0.29) is 11.5 Å². The number of nitrogens with zero attached hydrogens (tertiary/aromatic N) is 3. The van der Waals surface area contributed by atoms with Crippen molar-refractivity contribution in [1.29, 1.82) is 0 Å². The number of fused-ring (bicyclic) bond motifs is 2. The molecule has 7 nitrogen and oxygen atoms in total. The summed E-state index contributed by atoms with van der Waals surface area (Å²) in [7, 11) is 0. The molecule has 0 saturated carbocycles. The maximum atomic E-state index is 13.6. The Labute approximate surface area is 184 Å². The van der Waals surface area contributed by atoms with Gasteiger partial charge in [-0.2, -0.15) is 8.78 Å². The highest BCUT2D eigenvalue weighted by Crippen LogP contribution is 2.32. The van der Waals surface area contributed by atoms with Crippen LogP contribution in [0.4, 0.5) is 14.5 Å². The van der Waals surface area contributed by atoms with Crippen molar-refractivity contribution in [2.75, 3.05) is 5.32 Å². The number of para-hydroxylation sites is 1. The van der Waals surface area contributed by atoms with Crippen LogP contribution in [0.15, 0.2) is 67.1 Å². The Balaban J connectivity index is 1.53. The van der Waals surface area contributed by atoms with E-state index >= 15 is 0 Å². The van der Waals surface area contributed by atoms with Crippen LogP contribution in [0.1, 0.15) is 21.4 Å². The minimum atomic E-state index is -2.91. The van der Waals surface area contributed by atoms with Crippen LogP contribution in [0, 0.1) is 0 Å². The van der Waals surface area contributed by atoms with Crippen molar-refractivity contribution in [1.82, 2.24) is 19.9 Å². The molecule has 1 atom stereocenters. The van der Waals surface area contributed by atoms with E-state index in [1.54, 1.807) is 24.5 Å². The largest absolute Gasteiger partial charge is 0.435 e. The van der Waals surface area contributed by atoms with E-state index in [1.807, 2.05) is 24.3 Å². The molecule has 5 rings (SSSR count). The Bertz CT molecular complexity index is 1370. The van der Waals surface area contributed by atoms with Crippen LogP contribution in [-0.4, -0.2) is 32.3 Å². The lowest BCUT2D eigenvalue weighted by atomic mass is 10.0. The number of nitrogens with one attached hydrogen (secondary N) is 2. The number of aromatic amines is 1. The van der Waals surface area contributed by atoms with E-state index in [9.17, 15) is 13.6 Å². The van der Waals surface area contributed by atoms with Gasteiger partial charge in [-0.25, -0.2) is 15.0 Å². The van der Waals surface area contributed by atoms with E-state index < -0.39 is 12.7 Å². The standard InChI is InChI=1S/C22H15F2N5O2S/c23-22(24)31-13-7-5-12(6-8-13)28-17(20-29-19-21(32-20)26-10-9-25-19)18(30)15-11-27-16-4-2-1-3-14(15)16/h1-11,17,22,27-28H. The van der Waals surface area contributed by atoms with Crippen LogP contribution in [0.5, 0.6) is 5.75 Å². The van der Waals surface area contributed by atoms with Crippen molar-refractivity contribution < 1.29 is 18.3 Å². The Morgan fingerprint density at radius 1 is 1.06 bits per heavy atom. The number of rotatable bonds is 7. The minimum absolute atomic E-state index is 0.0263. The van der Waals surface area contributed by atoms with Crippen LogP contribution in [0.25, 0.3) is 21.4 Å². The summed E-state index contributed by atoms with van der Waals surface area (Å²) < 4.78 is 29.3. The molecule has 3 aromatic heterocycles. The Hall–Kier alpha value is -3.92. The average molecular weight is 451 g/mol. The van der Waals surface area contributed by atoms with Gasteiger partial charge in [-0.3, -0.25) is 4.79 Å². The van der Waals surface area contributed by atoms with E-state index in [0.29, 0.717) is 26.7 Å². The molecule has 0 aliphatic rings. The fraction of sp³-hybridized carbons (Fsp3) is 0.0909. The Morgan fingerprint density at radius 2 is 1.84 bits per heavy atom. The quantitative estimate of drug-likeness (QED) is 0.330. The van der Waals surface area contributed by atoms with Gasteiger partial charge in [0.25, 0.3) is 0 Å². The molecule has 10 heteroatoms. The molecule has 0 spiro atoms.